The summed E-state index contributed by atoms with van der Waals surface area (Å²) < 4.78 is 0. The van der Waals surface area contributed by atoms with E-state index in [1.54, 1.807) is 0 Å². The fourth-order valence-corrected chi connectivity index (χ4v) is 3.81. The van der Waals surface area contributed by atoms with Gasteiger partial charge in [-0.1, -0.05) is 44.2 Å². The summed E-state index contributed by atoms with van der Waals surface area (Å²) in [6, 6.07) is 10.4. The van der Waals surface area contributed by atoms with Crippen LogP contribution in [0.4, 0.5) is 0 Å². The van der Waals surface area contributed by atoms with Crippen LogP contribution in [0.3, 0.4) is 0 Å². The van der Waals surface area contributed by atoms with Crippen LogP contribution in [0.5, 0.6) is 0 Å². The lowest BCUT2D eigenvalue weighted by molar-refractivity contribution is -0.139. The predicted octanol–water partition coefficient (Wildman–Crippen LogP) is 3.08. The molecule has 1 aromatic rings. The molecule has 2 aliphatic rings. The summed E-state index contributed by atoms with van der Waals surface area (Å²) in [6.45, 7) is 4.19. The molecule has 3 rings (SSSR count). The van der Waals surface area contributed by atoms with Gasteiger partial charge in [0.2, 0.25) is 0 Å². The van der Waals surface area contributed by atoms with Gasteiger partial charge in [-0.15, -0.1) is 0 Å². The second-order valence-corrected chi connectivity index (χ2v) is 6.14. The predicted molar refractivity (Wildman–Crippen MR) is 65.8 cm³/mol. The number of rotatable bonds is 3. The monoisotopic (exact) mass is 230 g/mol. The smallest absolute Gasteiger partial charge is 0.307 e. The summed E-state index contributed by atoms with van der Waals surface area (Å²) in [5.74, 6) is -0.470. The molecule has 2 saturated carbocycles. The van der Waals surface area contributed by atoms with Gasteiger partial charge >= 0.3 is 5.97 Å². The normalized spacial score (nSPS) is 31.9. The van der Waals surface area contributed by atoms with Crippen LogP contribution in [0.2, 0.25) is 0 Å². The SMILES string of the molecule is CC1(C)[C@H](C(=O)O)[C@H]1C1(c2ccccc2)CC1. The highest BCUT2D eigenvalue weighted by Crippen LogP contribution is 2.73. The van der Waals surface area contributed by atoms with Crippen molar-refractivity contribution in [2.24, 2.45) is 17.3 Å². The van der Waals surface area contributed by atoms with Crippen molar-refractivity contribution in [2.45, 2.75) is 32.1 Å². The molecule has 0 radical (unpaired) electrons. The Morgan fingerprint density at radius 1 is 1.24 bits per heavy atom. The van der Waals surface area contributed by atoms with Gasteiger partial charge in [-0.25, -0.2) is 0 Å². The highest BCUT2D eigenvalue weighted by molar-refractivity contribution is 5.76. The summed E-state index contributed by atoms with van der Waals surface area (Å²) >= 11 is 0. The third-order valence-corrected chi connectivity index (χ3v) is 4.83. The van der Waals surface area contributed by atoms with E-state index in [1.165, 1.54) is 5.56 Å². The average molecular weight is 230 g/mol. The lowest BCUT2D eigenvalue weighted by atomic mass is 9.87. The Morgan fingerprint density at radius 2 is 1.82 bits per heavy atom. The number of hydrogen-bond acceptors (Lipinski definition) is 1. The first-order chi connectivity index (χ1) is 8.00. The van der Waals surface area contributed by atoms with Crippen molar-refractivity contribution in [3.8, 4) is 0 Å². The van der Waals surface area contributed by atoms with Gasteiger partial charge in [-0.05, 0) is 35.2 Å². The molecule has 0 amide bonds. The number of carboxylic acid groups (broad SMARTS) is 1. The van der Waals surface area contributed by atoms with Crippen LogP contribution in [0.25, 0.3) is 0 Å². The van der Waals surface area contributed by atoms with Gasteiger partial charge in [-0.2, -0.15) is 0 Å². The Labute approximate surface area is 102 Å². The van der Waals surface area contributed by atoms with E-state index in [9.17, 15) is 9.90 Å². The molecule has 1 N–H and O–H groups in total. The first-order valence-corrected chi connectivity index (χ1v) is 6.28. The molecular formula is C15H18O2. The van der Waals surface area contributed by atoms with Crippen LogP contribution in [0.1, 0.15) is 32.3 Å². The van der Waals surface area contributed by atoms with Crippen molar-refractivity contribution < 1.29 is 9.90 Å². The minimum absolute atomic E-state index is 0.0435. The van der Waals surface area contributed by atoms with Gasteiger partial charge in [0, 0.05) is 0 Å². The summed E-state index contributed by atoms with van der Waals surface area (Å²) in [4.78, 5) is 11.3. The summed E-state index contributed by atoms with van der Waals surface area (Å²) in [7, 11) is 0. The average Bonchev–Trinajstić information content (AvgIpc) is 3.15. The summed E-state index contributed by atoms with van der Waals surface area (Å²) in [5.41, 5.74) is 1.45. The molecule has 0 unspecified atom stereocenters. The van der Waals surface area contributed by atoms with E-state index in [0.717, 1.165) is 12.8 Å². The molecule has 1 aromatic carbocycles. The molecule has 2 nitrogen and oxygen atoms in total. The zero-order valence-corrected chi connectivity index (χ0v) is 10.3. The highest BCUT2D eigenvalue weighted by atomic mass is 16.4. The van der Waals surface area contributed by atoms with Crippen molar-refractivity contribution in [1.29, 1.82) is 0 Å². The summed E-state index contributed by atoms with van der Waals surface area (Å²) in [5, 5.41) is 9.30. The molecule has 0 aromatic heterocycles. The van der Waals surface area contributed by atoms with Gasteiger partial charge in [0.05, 0.1) is 5.92 Å². The van der Waals surface area contributed by atoms with Gasteiger partial charge in [0.25, 0.3) is 0 Å². The maximum Gasteiger partial charge on any atom is 0.307 e. The van der Waals surface area contributed by atoms with Gasteiger partial charge < -0.3 is 5.11 Å². The van der Waals surface area contributed by atoms with E-state index in [2.05, 4.69) is 38.1 Å². The Hall–Kier alpha value is -1.31. The maximum atomic E-state index is 11.3. The maximum absolute atomic E-state index is 11.3. The minimum atomic E-state index is -0.623. The van der Waals surface area contributed by atoms with E-state index < -0.39 is 5.97 Å². The van der Waals surface area contributed by atoms with Crippen LogP contribution < -0.4 is 0 Å². The zero-order valence-electron chi connectivity index (χ0n) is 10.3. The quantitative estimate of drug-likeness (QED) is 0.866. The zero-order chi connectivity index (χ0) is 12.3. The van der Waals surface area contributed by atoms with Crippen LogP contribution in [-0.2, 0) is 10.2 Å². The third-order valence-electron chi connectivity index (χ3n) is 4.83. The first kappa shape index (κ1) is 10.8. The number of benzene rings is 1. The van der Waals surface area contributed by atoms with Crippen molar-refractivity contribution in [3.63, 3.8) is 0 Å². The standard InChI is InChI=1S/C15H18O2/c1-14(2)11(13(16)17)12(14)15(8-9-15)10-6-4-3-5-7-10/h3-7,11-12H,8-9H2,1-2H3,(H,16,17)/t11-,12+/m0/s1. The third kappa shape index (κ3) is 1.36. The lowest BCUT2D eigenvalue weighted by Gasteiger charge is -2.17. The molecular weight excluding hydrogens is 212 g/mol. The molecule has 2 fully saturated rings. The molecule has 2 aliphatic carbocycles. The van der Waals surface area contributed by atoms with Crippen LogP contribution in [0.15, 0.2) is 30.3 Å². The van der Waals surface area contributed by atoms with E-state index in [4.69, 9.17) is 0 Å². The summed E-state index contributed by atoms with van der Waals surface area (Å²) in [6.07, 6.45) is 2.30. The van der Waals surface area contributed by atoms with Crippen molar-refractivity contribution >= 4 is 5.97 Å². The van der Waals surface area contributed by atoms with E-state index in [0.29, 0.717) is 5.92 Å². The molecule has 2 atom stereocenters. The van der Waals surface area contributed by atoms with E-state index in [-0.39, 0.29) is 16.7 Å². The van der Waals surface area contributed by atoms with Crippen molar-refractivity contribution in [3.05, 3.63) is 35.9 Å². The number of aliphatic carboxylic acids is 1. The molecule has 2 heteroatoms. The van der Waals surface area contributed by atoms with Crippen LogP contribution in [0, 0.1) is 17.3 Å². The second-order valence-electron chi connectivity index (χ2n) is 6.14. The van der Waals surface area contributed by atoms with E-state index in [1.807, 2.05) is 6.07 Å². The van der Waals surface area contributed by atoms with Crippen LogP contribution >= 0.6 is 0 Å². The lowest BCUT2D eigenvalue weighted by Crippen LogP contribution is -2.14. The Bertz CT molecular complexity index is 457. The van der Waals surface area contributed by atoms with Gasteiger partial charge in [0.15, 0.2) is 0 Å². The molecule has 0 spiro atoms. The Morgan fingerprint density at radius 3 is 2.24 bits per heavy atom. The number of carboxylic acids is 1. The van der Waals surface area contributed by atoms with E-state index >= 15 is 0 Å². The van der Waals surface area contributed by atoms with Gasteiger partial charge in [-0.3, -0.25) is 4.79 Å². The number of hydrogen-bond donors (Lipinski definition) is 1. The highest BCUT2D eigenvalue weighted by Gasteiger charge is 2.73. The molecule has 17 heavy (non-hydrogen) atoms. The van der Waals surface area contributed by atoms with Crippen LogP contribution in [-0.4, -0.2) is 11.1 Å². The Kier molecular flexibility index (Phi) is 1.99. The molecule has 0 saturated heterocycles. The topological polar surface area (TPSA) is 37.3 Å². The molecule has 0 aliphatic heterocycles. The second kappa shape index (κ2) is 3.12. The number of carbonyl (C=O) groups is 1. The van der Waals surface area contributed by atoms with Crippen molar-refractivity contribution in [1.82, 2.24) is 0 Å². The van der Waals surface area contributed by atoms with Crippen molar-refractivity contribution in [2.75, 3.05) is 0 Å². The largest absolute Gasteiger partial charge is 0.481 e. The van der Waals surface area contributed by atoms with Gasteiger partial charge in [0.1, 0.15) is 0 Å². The fraction of sp³-hybridized carbons (Fsp3) is 0.533. The Balaban J connectivity index is 1.94. The molecule has 90 valence electrons. The molecule has 0 heterocycles. The fourth-order valence-electron chi connectivity index (χ4n) is 3.81. The first-order valence-electron chi connectivity index (χ1n) is 6.28. The molecule has 0 bridgehead atoms. The minimum Gasteiger partial charge on any atom is -0.481 e.